The third-order valence-corrected chi connectivity index (χ3v) is 4.57. The maximum atomic E-state index is 12.3. The highest BCUT2D eigenvalue weighted by atomic mass is 35.5. The van der Waals surface area contributed by atoms with Crippen molar-refractivity contribution in [3.05, 3.63) is 81.0 Å². The van der Waals surface area contributed by atoms with Crippen molar-refractivity contribution in [3.63, 3.8) is 0 Å². The van der Waals surface area contributed by atoms with E-state index in [2.05, 4.69) is 5.32 Å². The second-order valence-corrected chi connectivity index (χ2v) is 6.74. The lowest BCUT2D eigenvalue weighted by Gasteiger charge is -2.05. The Morgan fingerprint density at radius 1 is 1.17 bits per heavy atom. The van der Waals surface area contributed by atoms with Gasteiger partial charge in [0.25, 0.3) is 5.91 Å². The lowest BCUT2D eigenvalue weighted by Crippen LogP contribution is -2.10. The van der Waals surface area contributed by atoms with Gasteiger partial charge in [-0.15, -0.1) is 11.3 Å². The Morgan fingerprint density at radius 3 is 2.79 bits per heavy atom. The van der Waals surface area contributed by atoms with Crippen molar-refractivity contribution in [3.8, 4) is 5.75 Å². The van der Waals surface area contributed by atoms with Crippen LogP contribution in [0.3, 0.4) is 0 Å². The molecule has 1 heterocycles. The molecule has 2 aromatic carbocycles. The van der Waals surface area contributed by atoms with E-state index in [-0.39, 0.29) is 5.91 Å². The number of nitrogens with one attached hydrogen (secondary N) is 1. The van der Waals surface area contributed by atoms with Gasteiger partial charge >= 0.3 is 0 Å². The van der Waals surface area contributed by atoms with Crippen LogP contribution in [0.2, 0.25) is 5.02 Å². The van der Waals surface area contributed by atoms with Gasteiger partial charge in [-0.1, -0.05) is 29.8 Å². The van der Waals surface area contributed by atoms with Gasteiger partial charge in [-0.05, 0) is 54.3 Å². The summed E-state index contributed by atoms with van der Waals surface area (Å²) in [5.74, 6) is 0.596. The van der Waals surface area contributed by atoms with Crippen LogP contribution in [0.4, 0.5) is 5.69 Å². The fourth-order valence-corrected chi connectivity index (χ4v) is 3.18. The second kappa shape index (κ2) is 7.51. The van der Waals surface area contributed by atoms with Crippen LogP contribution in [0.25, 0.3) is 0 Å². The average molecular weight is 358 g/mol. The second-order valence-electron chi connectivity index (χ2n) is 5.39. The lowest BCUT2D eigenvalue weighted by atomic mass is 10.2. The van der Waals surface area contributed by atoms with E-state index in [0.717, 1.165) is 16.8 Å². The predicted octanol–water partition coefficient (Wildman–Crippen LogP) is 5.54. The number of rotatable bonds is 5. The van der Waals surface area contributed by atoms with Gasteiger partial charge in [0.15, 0.2) is 0 Å². The number of carbonyl (C=O) groups is 1. The standard InChI is InChI=1S/C19H16ClNO2S/c1-13-4-2-6-16(8-13)21-19(22)18-9-14(12-24-18)11-23-17-7-3-5-15(20)10-17/h2-10,12H,11H2,1H3,(H,21,22). The van der Waals surface area contributed by atoms with Gasteiger partial charge < -0.3 is 10.1 Å². The summed E-state index contributed by atoms with van der Waals surface area (Å²) in [7, 11) is 0. The maximum Gasteiger partial charge on any atom is 0.265 e. The van der Waals surface area contributed by atoms with Gasteiger partial charge in [-0.3, -0.25) is 4.79 Å². The molecule has 3 aromatic rings. The molecular weight excluding hydrogens is 342 g/mol. The zero-order chi connectivity index (χ0) is 16.9. The molecule has 5 heteroatoms. The number of amides is 1. The largest absolute Gasteiger partial charge is 0.489 e. The molecule has 0 saturated heterocycles. The fraction of sp³-hybridized carbons (Fsp3) is 0.105. The molecule has 0 aliphatic carbocycles. The normalized spacial score (nSPS) is 10.4. The molecule has 0 fully saturated rings. The maximum absolute atomic E-state index is 12.3. The number of anilines is 1. The van der Waals surface area contributed by atoms with E-state index in [1.165, 1.54) is 11.3 Å². The number of halogens is 1. The molecule has 0 radical (unpaired) electrons. The van der Waals surface area contributed by atoms with Gasteiger partial charge in [0, 0.05) is 16.3 Å². The summed E-state index contributed by atoms with van der Waals surface area (Å²) < 4.78 is 5.69. The van der Waals surface area contributed by atoms with Crippen molar-refractivity contribution < 1.29 is 9.53 Å². The molecule has 0 unspecified atom stereocenters. The first kappa shape index (κ1) is 16.6. The Balaban J connectivity index is 1.61. The number of hydrogen-bond donors (Lipinski definition) is 1. The number of carbonyl (C=O) groups excluding carboxylic acids is 1. The molecule has 0 spiro atoms. The highest BCUT2D eigenvalue weighted by Crippen LogP contribution is 2.21. The van der Waals surface area contributed by atoms with E-state index in [1.807, 2.05) is 54.8 Å². The molecule has 1 N–H and O–H groups in total. The third kappa shape index (κ3) is 4.37. The summed E-state index contributed by atoms with van der Waals surface area (Å²) >= 11 is 7.33. The summed E-state index contributed by atoms with van der Waals surface area (Å²) in [6.07, 6.45) is 0. The van der Waals surface area contributed by atoms with Crippen LogP contribution < -0.4 is 10.1 Å². The molecule has 0 aliphatic rings. The van der Waals surface area contributed by atoms with E-state index >= 15 is 0 Å². The molecule has 24 heavy (non-hydrogen) atoms. The molecule has 0 atom stereocenters. The minimum atomic E-state index is -0.111. The molecular formula is C19H16ClNO2S. The minimum Gasteiger partial charge on any atom is -0.489 e. The number of benzene rings is 2. The first-order valence-corrected chi connectivity index (χ1v) is 8.70. The quantitative estimate of drug-likeness (QED) is 0.650. The van der Waals surface area contributed by atoms with E-state index in [4.69, 9.17) is 16.3 Å². The van der Waals surface area contributed by atoms with Crippen molar-refractivity contribution in [2.75, 3.05) is 5.32 Å². The van der Waals surface area contributed by atoms with Crippen LogP contribution in [0.5, 0.6) is 5.75 Å². The number of aryl methyl sites for hydroxylation is 1. The molecule has 0 bridgehead atoms. The fourth-order valence-electron chi connectivity index (χ4n) is 2.21. The van der Waals surface area contributed by atoms with E-state index in [1.54, 1.807) is 12.1 Å². The number of hydrogen-bond acceptors (Lipinski definition) is 3. The van der Waals surface area contributed by atoms with E-state index in [9.17, 15) is 4.79 Å². The Kier molecular flexibility index (Phi) is 5.18. The van der Waals surface area contributed by atoms with Crippen molar-refractivity contribution >= 4 is 34.5 Å². The minimum absolute atomic E-state index is 0.111. The first-order chi connectivity index (χ1) is 11.6. The zero-order valence-electron chi connectivity index (χ0n) is 13.1. The molecule has 0 aliphatic heterocycles. The van der Waals surface area contributed by atoms with Crippen molar-refractivity contribution in [2.24, 2.45) is 0 Å². The average Bonchev–Trinajstić information content (AvgIpc) is 3.02. The van der Waals surface area contributed by atoms with Crippen molar-refractivity contribution in [1.82, 2.24) is 0 Å². The molecule has 3 rings (SSSR count). The van der Waals surface area contributed by atoms with Crippen LogP contribution in [0.15, 0.2) is 60.0 Å². The summed E-state index contributed by atoms with van der Waals surface area (Å²) in [6, 6.07) is 16.8. The van der Waals surface area contributed by atoms with E-state index < -0.39 is 0 Å². The summed E-state index contributed by atoms with van der Waals surface area (Å²) in [5, 5.41) is 5.47. The van der Waals surface area contributed by atoms with Crippen LogP contribution in [0.1, 0.15) is 20.8 Å². The lowest BCUT2D eigenvalue weighted by molar-refractivity contribution is 0.103. The summed E-state index contributed by atoms with van der Waals surface area (Å²) in [4.78, 5) is 13.0. The van der Waals surface area contributed by atoms with Crippen molar-refractivity contribution in [2.45, 2.75) is 13.5 Å². The Morgan fingerprint density at radius 2 is 2.00 bits per heavy atom. The van der Waals surface area contributed by atoms with Crippen LogP contribution in [0, 0.1) is 6.92 Å². The van der Waals surface area contributed by atoms with Crippen LogP contribution >= 0.6 is 22.9 Å². The van der Waals surface area contributed by atoms with Crippen molar-refractivity contribution in [1.29, 1.82) is 0 Å². The summed E-state index contributed by atoms with van der Waals surface area (Å²) in [5.41, 5.74) is 2.86. The molecule has 1 amide bonds. The Hall–Kier alpha value is -2.30. The van der Waals surface area contributed by atoms with Gasteiger partial charge in [-0.25, -0.2) is 0 Å². The highest BCUT2D eigenvalue weighted by Gasteiger charge is 2.10. The first-order valence-electron chi connectivity index (χ1n) is 7.44. The zero-order valence-corrected chi connectivity index (χ0v) is 14.7. The highest BCUT2D eigenvalue weighted by molar-refractivity contribution is 7.12. The smallest absolute Gasteiger partial charge is 0.265 e. The third-order valence-electron chi connectivity index (χ3n) is 3.36. The number of thiophene rings is 1. The Bertz CT molecular complexity index is 860. The molecule has 122 valence electrons. The van der Waals surface area contributed by atoms with Gasteiger partial charge in [0.1, 0.15) is 12.4 Å². The van der Waals surface area contributed by atoms with Gasteiger partial charge in [0.05, 0.1) is 4.88 Å². The SMILES string of the molecule is Cc1cccc(NC(=O)c2cc(COc3cccc(Cl)c3)cs2)c1. The molecule has 0 saturated carbocycles. The van der Waals surface area contributed by atoms with Crippen LogP contribution in [-0.2, 0) is 6.61 Å². The predicted molar refractivity (Wildman–Crippen MR) is 99.2 cm³/mol. The molecule has 3 nitrogen and oxygen atoms in total. The van der Waals surface area contributed by atoms with Crippen LogP contribution in [-0.4, -0.2) is 5.91 Å². The topological polar surface area (TPSA) is 38.3 Å². The number of ether oxygens (including phenoxy) is 1. The summed E-state index contributed by atoms with van der Waals surface area (Å²) in [6.45, 7) is 2.39. The Labute approximate surface area is 149 Å². The monoisotopic (exact) mass is 357 g/mol. The van der Waals surface area contributed by atoms with Gasteiger partial charge in [-0.2, -0.15) is 0 Å². The van der Waals surface area contributed by atoms with Gasteiger partial charge in [0.2, 0.25) is 0 Å². The van der Waals surface area contributed by atoms with E-state index in [0.29, 0.717) is 22.3 Å². The molecule has 1 aromatic heterocycles.